The first-order chi connectivity index (χ1) is 7.33. The summed E-state index contributed by atoms with van der Waals surface area (Å²) < 4.78 is 15.4. The van der Waals surface area contributed by atoms with E-state index < -0.39 is 11.6 Å². The van der Waals surface area contributed by atoms with E-state index in [1.54, 1.807) is 27.7 Å². The van der Waals surface area contributed by atoms with Gasteiger partial charge in [-0.3, -0.25) is 0 Å². The fraction of sp³-hybridized carbons (Fsp3) is 0.636. The van der Waals surface area contributed by atoms with Crippen molar-refractivity contribution < 1.29 is 18.7 Å². The molecular formula is C11H17NO4. The Kier molecular flexibility index (Phi) is 3.57. The second-order valence-corrected chi connectivity index (χ2v) is 4.33. The van der Waals surface area contributed by atoms with Gasteiger partial charge in [0.2, 0.25) is 0 Å². The Bertz CT molecular complexity index is 376. The van der Waals surface area contributed by atoms with Crippen molar-refractivity contribution >= 4 is 5.97 Å². The summed E-state index contributed by atoms with van der Waals surface area (Å²) in [5.74, 6) is -0.388. The average molecular weight is 227 g/mol. The highest BCUT2D eigenvalue weighted by atomic mass is 16.6. The molecule has 0 fully saturated rings. The van der Waals surface area contributed by atoms with Crippen LogP contribution in [0.15, 0.2) is 4.42 Å². The van der Waals surface area contributed by atoms with E-state index in [0.29, 0.717) is 12.3 Å². The average Bonchev–Trinajstić information content (AvgIpc) is 2.46. The maximum atomic E-state index is 11.6. The van der Waals surface area contributed by atoms with Crippen LogP contribution in [0, 0.1) is 6.92 Å². The largest absolute Gasteiger partial charge is 0.464 e. The van der Waals surface area contributed by atoms with E-state index in [-0.39, 0.29) is 11.8 Å². The van der Waals surface area contributed by atoms with Crippen molar-refractivity contribution in [3.05, 3.63) is 11.6 Å². The summed E-state index contributed by atoms with van der Waals surface area (Å²) in [6.07, 6.45) is 0. The van der Waals surface area contributed by atoms with Crippen molar-refractivity contribution in [3.8, 4) is 5.95 Å². The van der Waals surface area contributed by atoms with E-state index in [1.165, 1.54) is 0 Å². The van der Waals surface area contributed by atoms with Gasteiger partial charge in [-0.25, -0.2) is 9.78 Å². The van der Waals surface area contributed by atoms with Crippen molar-refractivity contribution in [3.63, 3.8) is 0 Å². The van der Waals surface area contributed by atoms with E-state index in [4.69, 9.17) is 13.9 Å². The number of carbonyl (C=O) groups is 1. The predicted molar refractivity (Wildman–Crippen MR) is 57.6 cm³/mol. The molecule has 0 N–H and O–H groups in total. The summed E-state index contributed by atoms with van der Waals surface area (Å²) in [6.45, 7) is 9.35. The molecule has 0 saturated carbocycles. The topological polar surface area (TPSA) is 61.6 Å². The van der Waals surface area contributed by atoms with Gasteiger partial charge < -0.3 is 13.9 Å². The number of hydrogen-bond donors (Lipinski definition) is 0. The van der Waals surface area contributed by atoms with Gasteiger partial charge in [-0.15, -0.1) is 0 Å². The van der Waals surface area contributed by atoms with Crippen molar-refractivity contribution in [2.75, 3.05) is 6.61 Å². The number of aromatic nitrogens is 1. The fourth-order valence-corrected chi connectivity index (χ4v) is 1.06. The lowest BCUT2D eigenvalue weighted by Gasteiger charge is -2.17. The monoisotopic (exact) mass is 227 g/mol. The highest BCUT2D eigenvalue weighted by molar-refractivity contribution is 5.84. The van der Waals surface area contributed by atoms with E-state index >= 15 is 0 Å². The normalized spacial score (nSPS) is 11.3. The quantitative estimate of drug-likeness (QED) is 0.741. The van der Waals surface area contributed by atoms with Crippen LogP contribution < -0.4 is 4.74 Å². The van der Waals surface area contributed by atoms with Crippen LogP contribution in [0.2, 0.25) is 0 Å². The molecule has 0 saturated heterocycles. The third-order valence-electron chi connectivity index (χ3n) is 1.60. The maximum absolute atomic E-state index is 11.6. The molecule has 0 aliphatic heterocycles. The first kappa shape index (κ1) is 12.5. The van der Waals surface area contributed by atoms with Crippen LogP contribution in [0.4, 0.5) is 0 Å². The minimum atomic E-state index is -0.582. The fourth-order valence-electron chi connectivity index (χ4n) is 1.06. The molecule has 0 unspecified atom stereocenters. The maximum Gasteiger partial charge on any atom is 0.395 e. The van der Waals surface area contributed by atoms with Crippen LogP contribution in [0.1, 0.15) is 44.1 Å². The Hall–Kier alpha value is -1.52. The van der Waals surface area contributed by atoms with Gasteiger partial charge in [-0.1, -0.05) is 0 Å². The SMILES string of the molecule is CCOc1oc(C(=O)OC(C)(C)C)nc1C. The second-order valence-electron chi connectivity index (χ2n) is 4.33. The Morgan fingerprint density at radius 1 is 1.44 bits per heavy atom. The molecule has 5 nitrogen and oxygen atoms in total. The summed E-state index contributed by atoms with van der Waals surface area (Å²) in [6, 6.07) is 0. The summed E-state index contributed by atoms with van der Waals surface area (Å²) in [5, 5.41) is 0. The van der Waals surface area contributed by atoms with Gasteiger partial charge in [0.15, 0.2) is 0 Å². The summed E-state index contributed by atoms with van der Waals surface area (Å²) in [5.41, 5.74) is -0.0201. The first-order valence-electron chi connectivity index (χ1n) is 5.17. The zero-order valence-corrected chi connectivity index (χ0v) is 10.3. The lowest BCUT2D eigenvalue weighted by atomic mass is 10.2. The van der Waals surface area contributed by atoms with Gasteiger partial charge in [0.25, 0.3) is 0 Å². The second kappa shape index (κ2) is 4.55. The third-order valence-corrected chi connectivity index (χ3v) is 1.60. The van der Waals surface area contributed by atoms with Gasteiger partial charge in [0, 0.05) is 0 Å². The van der Waals surface area contributed by atoms with Gasteiger partial charge in [-0.05, 0) is 34.6 Å². The molecule has 0 radical (unpaired) electrons. The molecular weight excluding hydrogens is 210 g/mol. The summed E-state index contributed by atoms with van der Waals surface area (Å²) in [4.78, 5) is 15.5. The Morgan fingerprint density at radius 3 is 2.56 bits per heavy atom. The van der Waals surface area contributed by atoms with Crippen LogP contribution >= 0.6 is 0 Å². The molecule has 0 aliphatic rings. The number of rotatable bonds is 3. The molecule has 0 spiro atoms. The highest BCUT2D eigenvalue weighted by Crippen LogP contribution is 2.20. The number of esters is 1. The van der Waals surface area contributed by atoms with E-state index in [0.717, 1.165) is 0 Å². The van der Waals surface area contributed by atoms with Crippen LogP contribution in [-0.4, -0.2) is 23.2 Å². The number of nitrogens with zero attached hydrogens (tertiary/aromatic N) is 1. The van der Waals surface area contributed by atoms with Gasteiger partial charge in [-0.2, -0.15) is 0 Å². The number of ether oxygens (including phenoxy) is 2. The molecule has 1 rings (SSSR count). The number of carbonyl (C=O) groups excluding carboxylic acids is 1. The summed E-state index contributed by atoms with van der Waals surface area (Å²) in [7, 11) is 0. The summed E-state index contributed by atoms with van der Waals surface area (Å²) >= 11 is 0. The van der Waals surface area contributed by atoms with Crippen LogP contribution in [-0.2, 0) is 4.74 Å². The van der Waals surface area contributed by atoms with E-state index in [2.05, 4.69) is 4.98 Å². The molecule has 1 heterocycles. The van der Waals surface area contributed by atoms with Gasteiger partial charge >= 0.3 is 17.8 Å². The van der Waals surface area contributed by atoms with Crippen molar-refractivity contribution in [1.29, 1.82) is 0 Å². The minimum Gasteiger partial charge on any atom is -0.464 e. The smallest absolute Gasteiger partial charge is 0.395 e. The molecule has 0 aromatic carbocycles. The number of aryl methyl sites for hydroxylation is 1. The predicted octanol–water partition coefficient (Wildman–Crippen LogP) is 2.34. The Morgan fingerprint density at radius 2 is 2.06 bits per heavy atom. The molecule has 0 amide bonds. The van der Waals surface area contributed by atoms with Crippen LogP contribution in [0.5, 0.6) is 5.95 Å². The lowest BCUT2D eigenvalue weighted by molar-refractivity contribution is 0.00220. The first-order valence-corrected chi connectivity index (χ1v) is 5.17. The molecule has 90 valence electrons. The van der Waals surface area contributed by atoms with Crippen LogP contribution in [0.25, 0.3) is 0 Å². The molecule has 0 aliphatic carbocycles. The highest BCUT2D eigenvalue weighted by Gasteiger charge is 2.23. The number of oxazole rings is 1. The molecule has 0 atom stereocenters. The third kappa shape index (κ3) is 3.25. The zero-order chi connectivity index (χ0) is 12.3. The molecule has 1 aromatic rings. The lowest BCUT2D eigenvalue weighted by Crippen LogP contribution is -2.24. The van der Waals surface area contributed by atoms with Gasteiger partial charge in [0.1, 0.15) is 11.3 Å². The molecule has 16 heavy (non-hydrogen) atoms. The van der Waals surface area contributed by atoms with Crippen LogP contribution in [0.3, 0.4) is 0 Å². The molecule has 1 aromatic heterocycles. The van der Waals surface area contributed by atoms with Crippen molar-refractivity contribution in [2.45, 2.75) is 40.2 Å². The van der Waals surface area contributed by atoms with Crippen molar-refractivity contribution in [1.82, 2.24) is 4.98 Å². The number of hydrogen-bond acceptors (Lipinski definition) is 5. The van der Waals surface area contributed by atoms with Gasteiger partial charge in [0.05, 0.1) is 6.61 Å². The zero-order valence-electron chi connectivity index (χ0n) is 10.3. The van der Waals surface area contributed by atoms with E-state index in [1.807, 2.05) is 6.92 Å². The molecule has 0 bridgehead atoms. The van der Waals surface area contributed by atoms with Crippen molar-refractivity contribution in [2.24, 2.45) is 0 Å². The molecule has 5 heteroatoms. The minimum absolute atomic E-state index is 0.0733. The Labute approximate surface area is 94.8 Å². The standard InChI is InChI=1S/C11H17NO4/c1-6-14-10-7(2)12-8(15-10)9(13)16-11(3,4)5/h6H2,1-5H3. The van der Waals surface area contributed by atoms with E-state index in [9.17, 15) is 4.79 Å². The Balaban J connectivity index is 2.81.